The minimum Gasteiger partial charge on any atom is -0.381 e. The molecular weight excluding hydrogens is 270 g/mol. The van der Waals surface area contributed by atoms with E-state index in [1.807, 2.05) is 0 Å². The van der Waals surface area contributed by atoms with Gasteiger partial charge in [-0.25, -0.2) is 0 Å². The first-order valence-corrected chi connectivity index (χ1v) is 8.95. The maximum atomic E-state index is 5.92. The minimum atomic E-state index is 0.448. The Morgan fingerprint density at radius 2 is 1.82 bits per heavy atom. The van der Waals surface area contributed by atoms with Crippen LogP contribution in [0.4, 0.5) is 0 Å². The van der Waals surface area contributed by atoms with Crippen LogP contribution in [0.5, 0.6) is 0 Å². The summed E-state index contributed by atoms with van der Waals surface area (Å²) in [7, 11) is 4.31. The Balaban J connectivity index is 4.81. The largest absolute Gasteiger partial charge is 0.381 e. The molecule has 0 aromatic rings. The van der Waals surface area contributed by atoms with Crippen molar-refractivity contribution in [2.45, 2.75) is 52.9 Å². The van der Waals surface area contributed by atoms with Crippen molar-refractivity contribution in [3.05, 3.63) is 23.9 Å². The fourth-order valence-electron chi connectivity index (χ4n) is 3.05. The van der Waals surface area contributed by atoms with Crippen LogP contribution in [0, 0.1) is 17.8 Å². The Kier molecular flexibility index (Phi) is 12.3. The third-order valence-electron chi connectivity index (χ3n) is 4.41. The van der Waals surface area contributed by atoms with Crippen molar-refractivity contribution in [2.75, 3.05) is 27.2 Å². The van der Waals surface area contributed by atoms with Crippen molar-refractivity contribution in [3.63, 3.8) is 0 Å². The molecule has 0 radical (unpaired) electrons. The number of hydrogen-bond donors (Lipinski definition) is 2. The smallest absolute Gasteiger partial charge is 0.0121 e. The molecule has 0 aliphatic heterocycles. The molecule has 3 atom stereocenters. The van der Waals surface area contributed by atoms with Crippen LogP contribution in [0.15, 0.2) is 23.9 Å². The highest BCUT2D eigenvalue weighted by molar-refractivity contribution is 5.07. The topological polar surface area (TPSA) is 55.3 Å². The Bertz CT molecular complexity index is 321. The molecular formula is C19H39N3. The monoisotopic (exact) mass is 309 g/mol. The minimum absolute atomic E-state index is 0.448. The van der Waals surface area contributed by atoms with E-state index in [0.717, 1.165) is 25.8 Å². The van der Waals surface area contributed by atoms with Crippen LogP contribution in [0.1, 0.15) is 52.9 Å². The van der Waals surface area contributed by atoms with Gasteiger partial charge in [-0.1, -0.05) is 45.4 Å². The Morgan fingerprint density at radius 3 is 2.27 bits per heavy atom. The first-order valence-electron chi connectivity index (χ1n) is 8.95. The average Bonchev–Trinajstić information content (AvgIpc) is 2.48. The highest BCUT2D eigenvalue weighted by Gasteiger charge is 2.15. The number of hydrogen-bond acceptors (Lipinski definition) is 3. The fraction of sp³-hybridized carbons (Fsp3) is 0.789. The molecule has 4 N–H and O–H groups in total. The second kappa shape index (κ2) is 12.7. The molecule has 0 bridgehead atoms. The second-order valence-electron chi connectivity index (χ2n) is 6.54. The van der Waals surface area contributed by atoms with Gasteiger partial charge in [0, 0.05) is 25.7 Å². The van der Waals surface area contributed by atoms with Crippen LogP contribution in [0.2, 0.25) is 0 Å². The lowest BCUT2D eigenvalue weighted by atomic mass is 9.89. The Hall–Kier alpha value is -0.800. The van der Waals surface area contributed by atoms with E-state index in [1.165, 1.54) is 18.5 Å². The van der Waals surface area contributed by atoms with Crippen LogP contribution in [-0.4, -0.2) is 32.1 Å². The first-order chi connectivity index (χ1) is 10.5. The van der Waals surface area contributed by atoms with Crippen molar-refractivity contribution in [1.82, 2.24) is 4.90 Å². The molecule has 3 unspecified atom stereocenters. The van der Waals surface area contributed by atoms with E-state index in [9.17, 15) is 0 Å². The summed E-state index contributed by atoms with van der Waals surface area (Å²) in [6.45, 7) is 8.18. The summed E-state index contributed by atoms with van der Waals surface area (Å²) in [5, 5.41) is 0. The van der Waals surface area contributed by atoms with E-state index in [0.29, 0.717) is 24.3 Å². The fourth-order valence-corrected chi connectivity index (χ4v) is 3.05. The predicted octanol–water partition coefficient (Wildman–Crippen LogP) is 3.76. The van der Waals surface area contributed by atoms with Gasteiger partial charge in [-0.3, -0.25) is 0 Å². The third-order valence-corrected chi connectivity index (χ3v) is 4.41. The highest BCUT2D eigenvalue weighted by atomic mass is 15.1. The summed E-state index contributed by atoms with van der Waals surface area (Å²) >= 11 is 0. The van der Waals surface area contributed by atoms with Crippen LogP contribution >= 0.6 is 0 Å². The molecule has 3 heteroatoms. The molecule has 0 aliphatic carbocycles. The summed E-state index contributed by atoms with van der Waals surface area (Å²) in [5.41, 5.74) is 13.1. The summed E-state index contributed by atoms with van der Waals surface area (Å²) in [6, 6.07) is 0. The van der Waals surface area contributed by atoms with Crippen LogP contribution in [0.3, 0.4) is 0 Å². The van der Waals surface area contributed by atoms with Gasteiger partial charge in [0.25, 0.3) is 0 Å². The summed E-state index contributed by atoms with van der Waals surface area (Å²) in [4.78, 5) is 2.27. The lowest BCUT2D eigenvalue weighted by molar-refractivity contribution is 0.391. The number of nitrogens with two attached hydrogens (primary N) is 2. The van der Waals surface area contributed by atoms with Crippen LogP contribution in [-0.2, 0) is 0 Å². The molecule has 0 fully saturated rings. The molecule has 0 rings (SSSR count). The zero-order valence-corrected chi connectivity index (χ0v) is 15.5. The van der Waals surface area contributed by atoms with Crippen LogP contribution in [0.25, 0.3) is 0 Å². The van der Waals surface area contributed by atoms with E-state index < -0.39 is 0 Å². The van der Waals surface area contributed by atoms with Crippen molar-refractivity contribution in [3.8, 4) is 0 Å². The van der Waals surface area contributed by atoms with Gasteiger partial charge in [-0.15, -0.1) is 0 Å². The van der Waals surface area contributed by atoms with E-state index >= 15 is 0 Å². The van der Waals surface area contributed by atoms with Crippen molar-refractivity contribution in [2.24, 2.45) is 29.2 Å². The molecule has 0 aromatic heterocycles. The molecule has 0 saturated heterocycles. The van der Waals surface area contributed by atoms with Gasteiger partial charge >= 0.3 is 0 Å². The maximum absolute atomic E-state index is 5.92. The van der Waals surface area contributed by atoms with E-state index in [2.05, 4.69) is 58.0 Å². The first kappa shape index (κ1) is 21.2. The standard InChI is InChI=1S/C19H39N3/c1-6-9-17(19(10-7-2)22(4)5)11-8-12-18(15-21)16(3)13-14-20/h8,10,12,16-18H,6-7,9,11,13-15,20-21H2,1-5H3/b12-8?,19-10+. The van der Waals surface area contributed by atoms with E-state index in [-0.39, 0.29) is 0 Å². The predicted molar refractivity (Wildman–Crippen MR) is 99.6 cm³/mol. The molecule has 0 amide bonds. The maximum Gasteiger partial charge on any atom is 0.0121 e. The number of nitrogens with zero attached hydrogens (tertiary/aromatic N) is 1. The lowest BCUT2D eigenvalue weighted by Gasteiger charge is -2.26. The molecule has 0 aliphatic rings. The summed E-state index contributed by atoms with van der Waals surface area (Å²) in [5.74, 6) is 1.62. The SMILES string of the molecule is CC/C=C(\C(CC=CC(CN)C(C)CCN)CCC)N(C)C. The molecule has 130 valence electrons. The summed E-state index contributed by atoms with van der Waals surface area (Å²) in [6.07, 6.45) is 12.7. The Labute approximate surface area is 138 Å². The average molecular weight is 310 g/mol. The van der Waals surface area contributed by atoms with Gasteiger partial charge in [0.1, 0.15) is 0 Å². The van der Waals surface area contributed by atoms with Crippen molar-refractivity contribution >= 4 is 0 Å². The van der Waals surface area contributed by atoms with Gasteiger partial charge in [0.15, 0.2) is 0 Å². The van der Waals surface area contributed by atoms with Gasteiger partial charge in [-0.2, -0.15) is 0 Å². The van der Waals surface area contributed by atoms with Gasteiger partial charge in [-0.05, 0) is 50.6 Å². The van der Waals surface area contributed by atoms with Gasteiger partial charge in [0.2, 0.25) is 0 Å². The van der Waals surface area contributed by atoms with E-state index in [4.69, 9.17) is 11.5 Å². The molecule has 3 nitrogen and oxygen atoms in total. The normalized spacial score (nSPS) is 16.8. The molecule has 0 spiro atoms. The van der Waals surface area contributed by atoms with E-state index in [1.54, 1.807) is 0 Å². The highest BCUT2D eigenvalue weighted by Crippen LogP contribution is 2.25. The molecule has 0 heterocycles. The van der Waals surface area contributed by atoms with Crippen molar-refractivity contribution in [1.29, 1.82) is 0 Å². The Morgan fingerprint density at radius 1 is 1.14 bits per heavy atom. The quantitative estimate of drug-likeness (QED) is 0.540. The van der Waals surface area contributed by atoms with Gasteiger partial charge < -0.3 is 16.4 Å². The number of allylic oxidation sites excluding steroid dienone is 3. The lowest BCUT2D eigenvalue weighted by Crippen LogP contribution is -2.22. The zero-order valence-electron chi connectivity index (χ0n) is 15.5. The van der Waals surface area contributed by atoms with Crippen LogP contribution < -0.4 is 11.5 Å². The molecule has 22 heavy (non-hydrogen) atoms. The number of rotatable bonds is 12. The summed E-state index contributed by atoms with van der Waals surface area (Å²) < 4.78 is 0. The third kappa shape index (κ3) is 8.00. The zero-order chi connectivity index (χ0) is 17.0. The molecule has 0 aromatic carbocycles. The van der Waals surface area contributed by atoms with Gasteiger partial charge in [0.05, 0.1) is 0 Å². The van der Waals surface area contributed by atoms with Crippen molar-refractivity contribution < 1.29 is 0 Å². The second-order valence-corrected chi connectivity index (χ2v) is 6.54. The molecule has 0 saturated carbocycles.